The number of hydrogen-bond acceptors (Lipinski definition) is 4. The van der Waals surface area contributed by atoms with Gasteiger partial charge in [0.15, 0.2) is 0 Å². The third-order valence-corrected chi connectivity index (χ3v) is 4.69. The molecule has 2 unspecified atom stereocenters. The minimum Gasteiger partial charge on any atom is -0.479 e. The number of hydrogen-bond donors (Lipinski definition) is 2. The van der Waals surface area contributed by atoms with Crippen LogP contribution in [0.4, 0.5) is 0 Å². The topological polar surface area (TPSA) is 84.9 Å². The minimum atomic E-state index is -1.27. The fourth-order valence-corrected chi connectivity index (χ4v) is 3.11. The SMILES string of the molecule is CCOC1CC(NC(=O)[C@@H]2CCCO2)(C(=O)O)C1(C)C. The highest BCUT2D eigenvalue weighted by atomic mass is 16.5. The lowest BCUT2D eigenvalue weighted by Gasteiger charge is -2.58. The Morgan fingerprint density at radius 2 is 2.15 bits per heavy atom. The number of amides is 1. The molecule has 1 amide bonds. The number of carboxylic acids is 1. The molecule has 0 radical (unpaired) electrons. The van der Waals surface area contributed by atoms with E-state index in [-0.39, 0.29) is 12.0 Å². The van der Waals surface area contributed by atoms with Gasteiger partial charge >= 0.3 is 5.97 Å². The zero-order valence-electron chi connectivity index (χ0n) is 12.3. The van der Waals surface area contributed by atoms with Gasteiger partial charge < -0.3 is 19.9 Å². The lowest BCUT2D eigenvalue weighted by molar-refractivity contribution is -0.195. The Hall–Kier alpha value is -1.14. The molecule has 1 saturated carbocycles. The molecule has 1 saturated heterocycles. The average molecular weight is 285 g/mol. The van der Waals surface area contributed by atoms with E-state index in [0.29, 0.717) is 26.1 Å². The van der Waals surface area contributed by atoms with Crippen molar-refractivity contribution in [3.8, 4) is 0 Å². The van der Waals surface area contributed by atoms with Crippen LogP contribution in [0.25, 0.3) is 0 Å². The van der Waals surface area contributed by atoms with Crippen molar-refractivity contribution in [2.45, 2.75) is 57.8 Å². The molecule has 2 aliphatic rings. The van der Waals surface area contributed by atoms with Gasteiger partial charge in [-0.2, -0.15) is 0 Å². The van der Waals surface area contributed by atoms with Gasteiger partial charge in [0.25, 0.3) is 0 Å². The maximum absolute atomic E-state index is 12.2. The zero-order valence-corrected chi connectivity index (χ0v) is 12.3. The van der Waals surface area contributed by atoms with Crippen LogP contribution in [0.3, 0.4) is 0 Å². The number of ether oxygens (including phenoxy) is 2. The summed E-state index contributed by atoms with van der Waals surface area (Å²) in [6.07, 6.45) is 1.10. The van der Waals surface area contributed by atoms with Crippen molar-refractivity contribution in [1.29, 1.82) is 0 Å². The van der Waals surface area contributed by atoms with Gasteiger partial charge in [0, 0.05) is 25.0 Å². The number of aliphatic carboxylic acids is 1. The molecule has 1 aliphatic heterocycles. The van der Waals surface area contributed by atoms with Crippen molar-refractivity contribution in [3.05, 3.63) is 0 Å². The molecule has 0 bridgehead atoms. The number of carboxylic acid groups (broad SMARTS) is 1. The maximum atomic E-state index is 12.2. The van der Waals surface area contributed by atoms with E-state index in [1.54, 1.807) is 0 Å². The Bertz CT molecular complexity index is 402. The Balaban J connectivity index is 2.12. The number of nitrogens with one attached hydrogen (secondary N) is 1. The predicted molar refractivity (Wildman–Crippen MR) is 71.3 cm³/mol. The summed E-state index contributed by atoms with van der Waals surface area (Å²) in [6.45, 7) is 6.61. The fourth-order valence-electron chi connectivity index (χ4n) is 3.11. The predicted octanol–water partition coefficient (Wildman–Crippen LogP) is 0.940. The molecular formula is C14H23NO5. The van der Waals surface area contributed by atoms with Gasteiger partial charge in [0.2, 0.25) is 5.91 Å². The minimum absolute atomic E-state index is 0.159. The third kappa shape index (κ3) is 2.20. The van der Waals surface area contributed by atoms with Crippen LogP contribution >= 0.6 is 0 Å². The summed E-state index contributed by atoms with van der Waals surface area (Å²) < 4.78 is 10.9. The van der Waals surface area contributed by atoms with Gasteiger partial charge in [-0.3, -0.25) is 4.79 Å². The first-order valence-electron chi connectivity index (χ1n) is 7.14. The molecule has 1 aliphatic carbocycles. The molecule has 0 aromatic rings. The molecule has 2 fully saturated rings. The molecule has 2 rings (SSSR count). The van der Waals surface area contributed by atoms with Crippen LogP contribution in [-0.2, 0) is 19.1 Å². The van der Waals surface area contributed by atoms with E-state index in [9.17, 15) is 14.7 Å². The van der Waals surface area contributed by atoms with E-state index in [2.05, 4.69) is 5.32 Å². The monoisotopic (exact) mass is 285 g/mol. The lowest BCUT2D eigenvalue weighted by atomic mass is 9.54. The molecule has 6 nitrogen and oxygen atoms in total. The quantitative estimate of drug-likeness (QED) is 0.785. The normalized spacial score (nSPS) is 35.4. The Kier molecular flexibility index (Phi) is 4.07. The van der Waals surface area contributed by atoms with E-state index < -0.39 is 23.0 Å². The highest BCUT2D eigenvalue weighted by Gasteiger charge is 2.66. The summed E-state index contributed by atoms with van der Waals surface area (Å²) >= 11 is 0. The van der Waals surface area contributed by atoms with Crippen LogP contribution in [0.1, 0.15) is 40.0 Å². The number of carbonyl (C=O) groups is 2. The van der Waals surface area contributed by atoms with Crippen molar-refractivity contribution >= 4 is 11.9 Å². The smallest absolute Gasteiger partial charge is 0.330 e. The highest BCUT2D eigenvalue weighted by Crippen LogP contribution is 2.51. The third-order valence-electron chi connectivity index (χ3n) is 4.69. The molecular weight excluding hydrogens is 262 g/mol. The summed E-state index contributed by atoms with van der Waals surface area (Å²) in [5, 5.41) is 12.3. The molecule has 0 aromatic carbocycles. The van der Waals surface area contributed by atoms with Crippen LogP contribution in [-0.4, -0.2) is 47.9 Å². The first-order valence-corrected chi connectivity index (χ1v) is 7.14. The number of carbonyl (C=O) groups excluding carboxylic acids is 1. The summed E-state index contributed by atoms with van der Waals surface area (Å²) in [5.74, 6) is -1.34. The summed E-state index contributed by atoms with van der Waals surface area (Å²) in [4.78, 5) is 23.9. The molecule has 1 heterocycles. The van der Waals surface area contributed by atoms with Crippen molar-refractivity contribution in [3.63, 3.8) is 0 Å². The van der Waals surface area contributed by atoms with E-state index in [4.69, 9.17) is 9.47 Å². The van der Waals surface area contributed by atoms with E-state index >= 15 is 0 Å². The maximum Gasteiger partial charge on any atom is 0.330 e. The van der Waals surface area contributed by atoms with E-state index in [1.807, 2.05) is 20.8 Å². The van der Waals surface area contributed by atoms with Crippen LogP contribution in [0.15, 0.2) is 0 Å². The average Bonchev–Trinajstić information content (AvgIpc) is 2.90. The molecule has 0 spiro atoms. The Morgan fingerprint density at radius 3 is 2.60 bits per heavy atom. The lowest BCUT2D eigenvalue weighted by Crippen LogP contribution is -2.76. The van der Waals surface area contributed by atoms with Gasteiger partial charge in [-0.1, -0.05) is 13.8 Å². The first kappa shape index (κ1) is 15.3. The van der Waals surface area contributed by atoms with Gasteiger partial charge in [0.1, 0.15) is 11.6 Å². The summed E-state index contributed by atoms with van der Waals surface area (Å²) in [7, 11) is 0. The summed E-state index contributed by atoms with van der Waals surface area (Å²) in [5.41, 5.74) is -1.92. The van der Waals surface area contributed by atoms with Crippen molar-refractivity contribution in [1.82, 2.24) is 5.32 Å². The number of rotatable bonds is 5. The Labute approximate surface area is 118 Å². The van der Waals surface area contributed by atoms with Crippen LogP contribution in [0.2, 0.25) is 0 Å². The van der Waals surface area contributed by atoms with E-state index in [0.717, 1.165) is 6.42 Å². The molecule has 2 N–H and O–H groups in total. The van der Waals surface area contributed by atoms with Crippen LogP contribution in [0, 0.1) is 5.41 Å². The second kappa shape index (κ2) is 5.33. The fraction of sp³-hybridized carbons (Fsp3) is 0.857. The summed E-state index contributed by atoms with van der Waals surface area (Å²) in [6, 6.07) is 0. The van der Waals surface area contributed by atoms with Crippen LogP contribution in [0.5, 0.6) is 0 Å². The first-order chi connectivity index (χ1) is 9.35. The molecule has 0 aromatic heterocycles. The van der Waals surface area contributed by atoms with E-state index in [1.165, 1.54) is 0 Å². The standard InChI is InChI=1S/C14H23NO5/c1-4-19-10-8-14(12(17)18,13(10,2)3)15-11(16)9-6-5-7-20-9/h9-10H,4-8H2,1-3H3,(H,15,16)(H,17,18)/t9-,10?,14?/m0/s1. The van der Waals surface area contributed by atoms with Crippen LogP contribution < -0.4 is 5.32 Å². The van der Waals surface area contributed by atoms with Gasteiger partial charge in [-0.05, 0) is 19.8 Å². The van der Waals surface area contributed by atoms with Gasteiger partial charge in [-0.25, -0.2) is 4.79 Å². The molecule has 6 heteroatoms. The van der Waals surface area contributed by atoms with Crippen molar-refractivity contribution in [2.24, 2.45) is 5.41 Å². The van der Waals surface area contributed by atoms with Crippen molar-refractivity contribution in [2.75, 3.05) is 13.2 Å². The van der Waals surface area contributed by atoms with Gasteiger partial charge in [-0.15, -0.1) is 0 Å². The Morgan fingerprint density at radius 1 is 1.45 bits per heavy atom. The molecule has 114 valence electrons. The highest BCUT2D eigenvalue weighted by molar-refractivity contribution is 5.91. The second-order valence-corrected chi connectivity index (χ2v) is 6.07. The second-order valence-electron chi connectivity index (χ2n) is 6.07. The molecule has 20 heavy (non-hydrogen) atoms. The largest absolute Gasteiger partial charge is 0.479 e. The zero-order chi connectivity index (χ0) is 15.0. The molecule has 3 atom stereocenters. The van der Waals surface area contributed by atoms with Gasteiger partial charge in [0.05, 0.1) is 6.10 Å². The van der Waals surface area contributed by atoms with Crippen molar-refractivity contribution < 1.29 is 24.2 Å².